The van der Waals surface area contributed by atoms with E-state index in [0.29, 0.717) is 0 Å². The predicted octanol–water partition coefficient (Wildman–Crippen LogP) is 2.19. The highest BCUT2D eigenvalue weighted by Crippen LogP contribution is 2.19. The summed E-state index contributed by atoms with van der Waals surface area (Å²) in [6.07, 6.45) is 0. The summed E-state index contributed by atoms with van der Waals surface area (Å²) in [5.41, 5.74) is 1.87. The first-order valence-corrected chi connectivity index (χ1v) is 6.66. The van der Waals surface area contributed by atoms with E-state index in [1.807, 2.05) is 30.0 Å². The lowest BCUT2D eigenvalue weighted by molar-refractivity contribution is 0.0655. The second kappa shape index (κ2) is 5.19. The maximum absolute atomic E-state index is 12.4. The zero-order chi connectivity index (χ0) is 12.4. The van der Waals surface area contributed by atoms with E-state index in [9.17, 15) is 4.79 Å². The van der Waals surface area contributed by atoms with Gasteiger partial charge < -0.3 is 10.2 Å². The third kappa shape index (κ3) is 2.69. The minimum Gasteiger partial charge on any atom is -0.333 e. The van der Waals surface area contributed by atoms with Crippen molar-refractivity contribution < 1.29 is 4.79 Å². The third-order valence-electron chi connectivity index (χ3n) is 3.17. The van der Waals surface area contributed by atoms with Crippen molar-refractivity contribution >= 4 is 21.8 Å². The number of benzene rings is 1. The molecule has 1 aromatic rings. The molecule has 1 amide bonds. The van der Waals surface area contributed by atoms with Gasteiger partial charge in [-0.3, -0.25) is 4.79 Å². The quantitative estimate of drug-likeness (QED) is 0.862. The summed E-state index contributed by atoms with van der Waals surface area (Å²) < 4.78 is 1.04. The monoisotopic (exact) mass is 296 g/mol. The number of halogens is 1. The number of piperazine rings is 1. The molecule has 1 aliphatic rings. The highest BCUT2D eigenvalue weighted by molar-refractivity contribution is 9.10. The van der Waals surface area contributed by atoms with Crippen molar-refractivity contribution in [3.05, 3.63) is 33.8 Å². The second-order valence-corrected chi connectivity index (χ2v) is 5.37. The van der Waals surface area contributed by atoms with Crippen LogP contribution in [0.1, 0.15) is 22.8 Å². The van der Waals surface area contributed by atoms with Gasteiger partial charge in [0, 0.05) is 35.7 Å². The van der Waals surface area contributed by atoms with Gasteiger partial charge in [0.25, 0.3) is 5.91 Å². The van der Waals surface area contributed by atoms with Crippen LogP contribution in [-0.4, -0.2) is 36.5 Å². The van der Waals surface area contributed by atoms with Crippen molar-refractivity contribution in [3.63, 3.8) is 0 Å². The van der Waals surface area contributed by atoms with Gasteiger partial charge in [0.2, 0.25) is 0 Å². The standard InChI is InChI=1S/C13H17BrN2O/c1-9-7-11(3-4-12(9)14)13(17)16-6-5-15-8-10(16)2/h3-4,7,10,15H,5-6,8H2,1-2H3. The van der Waals surface area contributed by atoms with E-state index < -0.39 is 0 Å². The summed E-state index contributed by atoms with van der Waals surface area (Å²) in [4.78, 5) is 14.3. The molecular weight excluding hydrogens is 280 g/mol. The Morgan fingerprint density at radius 3 is 2.94 bits per heavy atom. The van der Waals surface area contributed by atoms with Crippen molar-refractivity contribution in [2.24, 2.45) is 0 Å². The molecule has 2 rings (SSSR count). The molecular formula is C13H17BrN2O. The maximum Gasteiger partial charge on any atom is 0.254 e. The van der Waals surface area contributed by atoms with Crippen molar-refractivity contribution in [1.82, 2.24) is 10.2 Å². The van der Waals surface area contributed by atoms with Crippen LogP contribution >= 0.6 is 15.9 Å². The van der Waals surface area contributed by atoms with Crippen LogP contribution in [0, 0.1) is 6.92 Å². The first kappa shape index (κ1) is 12.6. The highest BCUT2D eigenvalue weighted by Gasteiger charge is 2.23. The highest BCUT2D eigenvalue weighted by atomic mass is 79.9. The molecule has 1 aromatic carbocycles. The molecule has 17 heavy (non-hydrogen) atoms. The van der Waals surface area contributed by atoms with Crippen molar-refractivity contribution in [2.75, 3.05) is 19.6 Å². The Labute approximate surface area is 110 Å². The Morgan fingerprint density at radius 1 is 1.53 bits per heavy atom. The van der Waals surface area contributed by atoms with E-state index >= 15 is 0 Å². The molecule has 4 heteroatoms. The lowest BCUT2D eigenvalue weighted by Gasteiger charge is -2.34. The largest absolute Gasteiger partial charge is 0.333 e. The van der Waals surface area contributed by atoms with Gasteiger partial charge in [-0.2, -0.15) is 0 Å². The number of carbonyl (C=O) groups is 1. The minimum atomic E-state index is 0.134. The number of rotatable bonds is 1. The molecule has 0 radical (unpaired) electrons. The number of carbonyl (C=O) groups excluding carboxylic acids is 1. The molecule has 1 N–H and O–H groups in total. The third-order valence-corrected chi connectivity index (χ3v) is 4.06. The SMILES string of the molecule is Cc1cc(C(=O)N2CCNCC2C)ccc1Br. The van der Waals surface area contributed by atoms with E-state index in [1.54, 1.807) is 0 Å². The summed E-state index contributed by atoms with van der Waals surface area (Å²) in [7, 11) is 0. The average molecular weight is 297 g/mol. The molecule has 1 fully saturated rings. The fourth-order valence-electron chi connectivity index (χ4n) is 2.09. The van der Waals surface area contributed by atoms with E-state index in [-0.39, 0.29) is 11.9 Å². The summed E-state index contributed by atoms with van der Waals surface area (Å²) in [6, 6.07) is 6.03. The molecule has 0 spiro atoms. The normalized spacial score (nSPS) is 20.4. The summed E-state index contributed by atoms with van der Waals surface area (Å²) in [5, 5.41) is 3.29. The minimum absolute atomic E-state index is 0.134. The molecule has 0 aromatic heterocycles. The average Bonchev–Trinajstić information content (AvgIpc) is 2.32. The molecule has 1 atom stereocenters. The zero-order valence-corrected chi connectivity index (χ0v) is 11.8. The molecule has 0 aliphatic carbocycles. The number of hydrogen-bond acceptors (Lipinski definition) is 2. The van der Waals surface area contributed by atoms with Crippen LogP contribution in [-0.2, 0) is 0 Å². The molecule has 1 saturated heterocycles. The van der Waals surface area contributed by atoms with Crippen LogP contribution in [0.25, 0.3) is 0 Å². The molecule has 0 bridgehead atoms. The second-order valence-electron chi connectivity index (χ2n) is 4.52. The van der Waals surface area contributed by atoms with Crippen LogP contribution in [0.2, 0.25) is 0 Å². The molecule has 3 nitrogen and oxygen atoms in total. The van der Waals surface area contributed by atoms with Gasteiger partial charge in [0.15, 0.2) is 0 Å². The Bertz CT molecular complexity index is 433. The predicted molar refractivity (Wildman–Crippen MR) is 72.2 cm³/mol. The van der Waals surface area contributed by atoms with E-state index in [1.165, 1.54) is 0 Å². The molecule has 92 valence electrons. The van der Waals surface area contributed by atoms with Gasteiger partial charge in [-0.15, -0.1) is 0 Å². The van der Waals surface area contributed by atoms with Crippen LogP contribution in [0.5, 0.6) is 0 Å². The molecule has 0 saturated carbocycles. The lowest BCUT2D eigenvalue weighted by Crippen LogP contribution is -2.52. The van der Waals surface area contributed by atoms with Crippen LogP contribution < -0.4 is 5.32 Å². The Balaban J connectivity index is 2.21. The number of nitrogens with zero attached hydrogens (tertiary/aromatic N) is 1. The topological polar surface area (TPSA) is 32.3 Å². The molecule has 1 unspecified atom stereocenters. The van der Waals surface area contributed by atoms with Crippen LogP contribution in [0.4, 0.5) is 0 Å². The molecule has 1 aliphatic heterocycles. The number of amides is 1. The zero-order valence-electron chi connectivity index (χ0n) is 10.2. The summed E-state index contributed by atoms with van der Waals surface area (Å²) in [5.74, 6) is 0.134. The maximum atomic E-state index is 12.4. The van der Waals surface area contributed by atoms with Crippen LogP contribution in [0.3, 0.4) is 0 Å². The first-order valence-electron chi connectivity index (χ1n) is 5.87. The smallest absolute Gasteiger partial charge is 0.254 e. The van der Waals surface area contributed by atoms with E-state index in [4.69, 9.17) is 0 Å². The van der Waals surface area contributed by atoms with Crippen molar-refractivity contribution in [3.8, 4) is 0 Å². The number of hydrogen-bond donors (Lipinski definition) is 1. The van der Waals surface area contributed by atoms with Gasteiger partial charge in [-0.05, 0) is 37.6 Å². The Hall–Kier alpha value is -0.870. The molecule has 1 heterocycles. The Morgan fingerprint density at radius 2 is 2.29 bits per heavy atom. The van der Waals surface area contributed by atoms with Crippen LogP contribution in [0.15, 0.2) is 22.7 Å². The van der Waals surface area contributed by atoms with Gasteiger partial charge in [0.05, 0.1) is 0 Å². The Kier molecular flexibility index (Phi) is 3.84. The van der Waals surface area contributed by atoms with Crippen molar-refractivity contribution in [2.45, 2.75) is 19.9 Å². The number of aryl methyl sites for hydroxylation is 1. The van der Waals surface area contributed by atoms with E-state index in [0.717, 1.165) is 35.2 Å². The fourth-order valence-corrected chi connectivity index (χ4v) is 2.33. The van der Waals surface area contributed by atoms with E-state index in [2.05, 4.69) is 28.2 Å². The fraction of sp³-hybridized carbons (Fsp3) is 0.462. The number of nitrogens with one attached hydrogen (secondary N) is 1. The van der Waals surface area contributed by atoms with Gasteiger partial charge in [0.1, 0.15) is 0 Å². The van der Waals surface area contributed by atoms with Gasteiger partial charge in [-0.1, -0.05) is 15.9 Å². The van der Waals surface area contributed by atoms with Crippen molar-refractivity contribution in [1.29, 1.82) is 0 Å². The van der Waals surface area contributed by atoms with Gasteiger partial charge in [-0.25, -0.2) is 0 Å². The summed E-state index contributed by atoms with van der Waals surface area (Å²) >= 11 is 3.45. The van der Waals surface area contributed by atoms with Gasteiger partial charge >= 0.3 is 0 Å². The first-order chi connectivity index (χ1) is 8.09. The lowest BCUT2D eigenvalue weighted by atomic mass is 10.1. The summed E-state index contributed by atoms with van der Waals surface area (Å²) in [6.45, 7) is 6.62.